The number of hydrogen-bond donors (Lipinski definition) is 2. The average Bonchev–Trinajstić information content (AvgIpc) is 2.73. The van der Waals surface area contributed by atoms with Crippen molar-refractivity contribution < 1.29 is 4.79 Å². The second-order valence-electron chi connectivity index (χ2n) is 3.45. The van der Waals surface area contributed by atoms with Gasteiger partial charge in [-0.25, -0.2) is 9.97 Å². The Labute approximate surface area is 97.7 Å². The molecule has 0 aliphatic rings. The normalized spacial score (nSPS) is 10.1. The average molecular weight is 232 g/mol. The minimum Gasteiger partial charge on any atom is -0.396 e. The molecule has 0 saturated carbocycles. The lowest BCUT2D eigenvalue weighted by Crippen LogP contribution is -2.27. The fourth-order valence-corrected chi connectivity index (χ4v) is 1.28. The van der Waals surface area contributed by atoms with Gasteiger partial charge in [-0.05, 0) is 6.07 Å². The van der Waals surface area contributed by atoms with E-state index in [-0.39, 0.29) is 12.5 Å². The summed E-state index contributed by atoms with van der Waals surface area (Å²) in [4.78, 5) is 19.3. The summed E-state index contributed by atoms with van der Waals surface area (Å²) in [5, 5.41) is 6.64. The van der Waals surface area contributed by atoms with Crippen molar-refractivity contribution in [2.24, 2.45) is 0 Å². The largest absolute Gasteiger partial charge is 0.396 e. The fourth-order valence-electron chi connectivity index (χ4n) is 1.28. The number of carbonyl (C=O) groups excluding carboxylic acids is 1. The van der Waals surface area contributed by atoms with Crippen LogP contribution < -0.4 is 11.1 Å². The molecule has 0 spiro atoms. The third-order valence-electron chi connectivity index (χ3n) is 2.07. The summed E-state index contributed by atoms with van der Waals surface area (Å²) >= 11 is 0. The van der Waals surface area contributed by atoms with Gasteiger partial charge in [-0.1, -0.05) is 0 Å². The predicted octanol–water partition coefficient (Wildman–Crippen LogP) is -0.428. The molecule has 0 fully saturated rings. The molecule has 7 heteroatoms. The number of nitrogens with zero attached hydrogens (tertiary/aromatic N) is 4. The molecule has 88 valence electrons. The minimum absolute atomic E-state index is 0.141. The van der Waals surface area contributed by atoms with Gasteiger partial charge in [0.25, 0.3) is 0 Å². The quantitative estimate of drug-likeness (QED) is 0.745. The van der Waals surface area contributed by atoms with E-state index in [1.165, 1.54) is 17.2 Å². The molecule has 2 heterocycles. The molecule has 2 rings (SSSR count). The van der Waals surface area contributed by atoms with E-state index in [1.807, 2.05) is 0 Å². The van der Waals surface area contributed by atoms with Gasteiger partial charge in [0.15, 0.2) is 0 Å². The van der Waals surface area contributed by atoms with E-state index in [0.29, 0.717) is 12.2 Å². The number of amides is 1. The maximum absolute atomic E-state index is 11.5. The number of rotatable bonds is 4. The Balaban J connectivity index is 1.82. The topological polar surface area (TPSA) is 98.7 Å². The van der Waals surface area contributed by atoms with E-state index in [2.05, 4.69) is 20.4 Å². The van der Waals surface area contributed by atoms with Gasteiger partial charge in [-0.15, -0.1) is 0 Å². The molecule has 7 nitrogen and oxygen atoms in total. The molecule has 0 saturated heterocycles. The Kier molecular flexibility index (Phi) is 3.29. The molecule has 2 aromatic heterocycles. The first-order valence-corrected chi connectivity index (χ1v) is 5.03. The van der Waals surface area contributed by atoms with Gasteiger partial charge < -0.3 is 11.1 Å². The summed E-state index contributed by atoms with van der Waals surface area (Å²) in [7, 11) is 0. The van der Waals surface area contributed by atoms with Gasteiger partial charge >= 0.3 is 0 Å². The summed E-state index contributed by atoms with van der Waals surface area (Å²) in [6, 6.07) is 1.74. The third-order valence-corrected chi connectivity index (χ3v) is 2.07. The summed E-state index contributed by atoms with van der Waals surface area (Å²) in [6.07, 6.45) is 6.17. The van der Waals surface area contributed by atoms with Crippen molar-refractivity contribution in [3.63, 3.8) is 0 Å². The van der Waals surface area contributed by atoms with E-state index in [0.717, 1.165) is 5.69 Å². The van der Waals surface area contributed by atoms with Gasteiger partial charge in [0.2, 0.25) is 5.91 Å². The minimum atomic E-state index is -0.147. The Morgan fingerprint density at radius 3 is 3.06 bits per heavy atom. The maximum Gasteiger partial charge on any atom is 0.242 e. The van der Waals surface area contributed by atoms with Crippen LogP contribution >= 0.6 is 0 Å². The van der Waals surface area contributed by atoms with E-state index < -0.39 is 0 Å². The van der Waals surface area contributed by atoms with Gasteiger partial charge in [0.1, 0.15) is 12.9 Å². The lowest BCUT2D eigenvalue weighted by Gasteiger charge is -2.04. The highest BCUT2D eigenvalue weighted by Gasteiger charge is 2.03. The van der Waals surface area contributed by atoms with Gasteiger partial charge in [0, 0.05) is 12.4 Å². The van der Waals surface area contributed by atoms with Crippen LogP contribution in [0.2, 0.25) is 0 Å². The molecule has 0 bridgehead atoms. The van der Waals surface area contributed by atoms with E-state index >= 15 is 0 Å². The number of nitrogen functional groups attached to an aromatic ring is 1. The lowest BCUT2D eigenvalue weighted by molar-refractivity contribution is -0.122. The highest BCUT2D eigenvalue weighted by molar-refractivity contribution is 5.75. The molecular formula is C10H12N6O. The first kappa shape index (κ1) is 11.1. The van der Waals surface area contributed by atoms with E-state index in [1.54, 1.807) is 18.5 Å². The molecule has 0 aliphatic heterocycles. The van der Waals surface area contributed by atoms with E-state index in [4.69, 9.17) is 5.73 Å². The van der Waals surface area contributed by atoms with Gasteiger partial charge in [-0.2, -0.15) is 5.10 Å². The summed E-state index contributed by atoms with van der Waals surface area (Å²) < 4.78 is 1.48. The number of hydrogen-bond acceptors (Lipinski definition) is 5. The second kappa shape index (κ2) is 5.06. The van der Waals surface area contributed by atoms with Crippen molar-refractivity contribution >= 4 is 11.6 Å². The van der Waals surface area contributed by atoms with Crippen LogP contribution in [-0.2, 0) is 17.9 Å². The van der Waals surface area contributed by atoms with Crippen molar-refractivity contribution in [2.45, 2.75) is 13.1 Å². The van der Waals surface area contributed by atoms with Crippen LogP contribution in [-0.4, -0.2) is 25.7 Å². The zero-order valence-electron chi connectivity index (χ0n) is 9.08. The van der Waals surface area contributed by atoms with Crippen LogP contribution in [0.3, 0.4) is 0 Å². The van der Waals surface area contributed by atoms with Crippen molar-refractivity contribution in [3.8, 4) is 0 Å². The monoisotopic (exact) mass is 232 g/mol. The smallest absolute Gasteiger partial charge is 0.242 e. The molecule has 1 amide bonds. The van der Waals surface area contributed by atoms with Crippen molar-refractivity contribution in [2.75, 3.05) is 5.73 Å². The molecule has 17 heavy (non-hydrogen) atoms. The van der Waals surface area contributed by atoms with Crippen LogP contribution in [0.5, 0.6) is 0 Å². The summed E-state index contributed by atoms with van der Waals surface area (Å²) in [6.45, 7) is 0.514. The van der Waals surface area contributed by atoms with Crippen LogP contribution in [0.4, 0.5) is 5.69 Å². The molecule has 0 aromatic carbocycles. The van der Waals surface area contributed by atoms with Crippen molar-refractivity contribution in [1.82, 2.24) is 25.1 Å². The molecular weight excluding hydrogens is 220 g/mol. The fraction of sp³-hybridized carbons (Fsp3) is 0.200. The number of nitrogens with two attached hydrogens (primary N) is 1. The highest BCUT2D eigenvalue weighted by Crippen LogP contribution is 1.97. The third kappa shape index (κ3) is 3.26. The van der Waals surface area contributed by atoms with Gasteiger partial charge in [-0.3, -0.25) is 9.48 Å². The van der Waals surface area contributed by atoms with Crippen LogP contribution in [0.25, 0.3) is 0 Å². The van der Waals surface area contributed by atoms with Crippen LogP contribution in [0, 0.1) is 0 Å². The van der Waals surface area contributed by atoms with Crippen molar-refractivity contribution in [3.05, 3.63) is 36.7 Å². The molecule has 0 aliphatic carbocycles. The van der Waals surface area contributed by atoms with Gasteiger partial charge in [0.05, 0.1) is 24.1 Å². The summed E-state index contributed by atoms with van der Waals surface area (Å²) in [5.41, 5.74) is 6.78. The van der Waals surface area contributed by atoms with Crippen LogP contribution in [0.1, 0.15) is 5.69 Å². The molecule has 3 N–H and O–H groups in total. The lowest BCUT2D eigenvalue weighted by atomic mass is 10.4. The highest BCUT2D eigenvalue weighted by atomic mass is 16.2. The zero-order valence-corrected chi connectivity index (χ0v) is 9.08. The Bertz CT molecular complexity index is 495. The molecule has 2 aromatic rings. The van der Waals surface area contributed by atoms with Crippen molar-refractivity contribution in [1.29, 1.82) is 0 Å². The second-order valence-corrected chi connectivity index (χ2v) is 3.45. The SMILES string of the molecule is Nc1cnn(CC(=O)NCc2ccncn2)c1. The van der Waals surface area contributed by atoms with Crippen LogP contribution in [0.15, 0.2) is 31.0 Å². The standard InChI is InChI=1S/C10H12N6O/c11-8-3-15-16(5-8)6-10(17)13-4-9-1-2-12-7-14-9/h1-3,5,7H,4,6,11H2,(H,13,17). The Morgan fingerprint density at radius 2 is 2.41 bits per heavy atom. The molecule has 0 unspecified atom stereocenters. The molecule has 0 radical (unpaired) electrons. The Hall–Kier alpha value is -2.44. The van der Waals surface area contributed by atoms with E-state index in [9.17, 15) is 4.79 Å². The zero-order chi connectivity index (χ0) is 12.1. The first-order valence-electron chi connectivity index (χ1n) is 5.03. The first-order chi connectivity index (χ1) is 8.24. The molecule has 0 atom stereocenters. The number of aromatic nitrogens is 4. The predicted molar refractivity (Wildman–Crippen MR) is 60.5 cm³/mol. The number of carbonyl (C=O) groups is 1. The Morgan fingerprint density at radius 1 is 1.53 bits per heavy atom. The number of anilines is 1. The summed E-state index contributed by atoms with van der Waals surface area (Å²) in [5.74, 6) is -0.147. The number of nitrogens with one attached hydrogen (secondary N) is 1. The maximum atomic E-state index is 11.5.